The fraction of sp³-hybridized carbons (Fsp3) is 0.933. The molecule has 2 saturated carbocycles. The molecule has 2 bridgehead atoms. The van der Waals surface area contributed by atoms with Crippen LogP contribution in [0.4, 0.5) is 0 Å². The molecule has 2 aliphatic heterocycles. The number of ether oxygens (including phenoxy) is 2. The molecule has 6 atom stereocenters. The van der Waals surface area contributed by atoms with Gasteiger partial charge in [0.15, 0.2) is 11.9 Å². The van der Waals surface area contributed by atoms with Gasteiger partial charge in [0.05, 0.1) is 11.4 Å². The summed E-state index contributed by atoms with van der Waals surface area (Å²) in [4.78, 5) is 12.8. The topological polar surface area (TPSA) is 72.9 Å². The molecule has 0 radical (unpaired) electrons. The van der Waals surface area contributed by atoms with E-state index in [9.17, 15) is 13.2 Å². The van der Waals surface area contributed by atoms with Gasteiger partial charge in [-0.2, -0.15) is 0 Å². The zero-order valence-electron chi connectivity index (χ0n) is 13.2. The van der Waals surface area contributed by atoms with Crippen molar-refractivity contribution in [1.29, 1.82) is 0 Å². The molecule has 124 valence electrons. The van der Waals surface area contributed by atoms with Crippen LogP contribution in [0.3, 0.4) is 0 Å². The molecule has 4 aliphatic rings. The van der Waals surface area contributed by atoms with Crippen LogP contribution in [0.1, 0.15) is 40.0 Å². The maximum absolute atomic E-state index is 12.8. The highest BCUT2D eigenvalue weighted by atomic mass is 32.2. The second-order valence-electron chi connectivity index (χ2n) is 7.64. The van der Waals surface area contributed by atoms with Gasteiger partial charge in [-0.05, 0) is 57.8 Å². The summed E-state index contributed by atoms with van der Waals surface area (Å²) in [5.41, 5.74) is 0. The van der Waals surface area contributed by atoms with E-state index < -0.39 is 33.9 Å². The van der Waals surface area contributed by atoms with E-state index >= 15 is 0 Å². The van der Waals surface area contributed by atoms with Crippen LogP contribution in [0.15, 0.2) is 0 Å². The predicted molar refractivity (Wildman–Crippen MR) is 78.2 cm³/mol. The zero-order chi connectivity index (χ0) is 15.9. The molecule has 7 heteroatoms. The molecule has 1 amide bonds. The van der Waals surface area contributed by atoms with Crippen LogP contribution in [0.5, 0.6) is 0 Å². The third kappa shape index (κ3) is 1.91. The van der Waals surface area contributed by atoms with Crippen molar-refractivity contribution in [2.75, 3.05) is 6.54 Å². The molecule has 2 aliphatic carbocycles. The fourth-order valence-electron chi connectivity index (χ4n) is 5.06. The summed E-state index contributed by atoms with van der Waals surface area (Å²) in [6.07, 6.45) is 1.84. The summed E-state index contributed by atoms with van der Waals surface area (Å²) in [7, 11) is -3.54. The smallest absolute Gasteiger partial charge is 0.268 e. The van der Waals surface area contributed by atoms with Crippen LogP contribution < -0.4 is 0 Å². The van der Waals surface area contributed by atoms with Gasteiger partial charge in [0, 0.05) is 6.54 Å². The minimum Gasteiger partial charge on any atom is -0.344 e. The quantitative estimate of drug-likeness (QED) is 0.721. The van der Waals surface area contributed by atoms with Crippen molar-refractivity contribution < 1.29 is 22.7 Å². The first kappa shape index (κ1) is 14.9. The molecule has 2 heterocycles. The normalized spacial score (nSPS) is 47.9. The maximum atomic E-state index is 12.8. The van der Waals surface area contributed by atoms with E-state index in [2.05, 4.69) is 0 Å². The standard InChI is InChI=1S/C15H23NO5S/c1-8-12(21-15(2,3)20-8)14(17)16-7-11-9-4-5-10(6-9)13(11)22(16,18)19/h8-13H,4-7H2,1-3H3. The average Bonchev–Trinajstić information content (AvgIpc) is 3.10. The summed E-state index contributed by atoms with van der Waals surface area (Å²) in [5.74, 6) is -0.465. The fourth-order valence-corrected chi connectivity index (χ4v) is 7.58. The van der Waals surface area contributed by atoms with Crippen LogP contribution in [-0.4, -0.2) is 48.4 Å². The minimum absolute atomic E-state index is 0.123. The van der Waals surface area contributed by atoms with Gasteiger partial charge in [0.25, 0.3) is 5.91 Å². The Morgan fingerprint density at radius 3 is 2.45 bits per heavy atom. The van der Waals surface area contributed by atoms with Gasteiger partial charge in [-0.25, -0.2) is 12.7 Å². The Morgan fingerprint density at radius 1 is 1.18 bits per heavy atom. The Kier molecular flexibility index (Phi) is 3.02. The molecule has 0 aromatic heterocycles. The molecule has 0 spiro atoms. The lowest BCUT2D eigenvalue weighted by Crippen LogP contribution is -2.45. The van der Waals surface area contributed by atoms with E-state index in [4.69, 9.17) is 9.47 Å². The van der Waals surface area contributed by atoms with Crippen molar-refractivity contribution in [2.24, 2.45) is 17.8 Å². The Balaban J connectivity index is 1.60. The SMILES string of the molecule is CC1OC(C)(C)OC1C(=O)N1CC2C3CCC(C3)C2S1(=O)=O. The molecule has 6 unspecified atom stereocenters. The Morgan fingerprint density at radius 2 is 1.86 bits per heavy atom. The molecule has 22 heavy (non-hydrogen) atoms. The molecular formula is C15H23NO5S. The monoisotopic (exact) mass is 329 g/mol. The highest BCUT2D eigenvalue weighted by molar-refractivity contribution is 7.90. The largest absolute Gasteiger partial charge is 0.344 e. The molecule has 4 fully saturated rings. The summed E-state index contributed by atoms with van der Waals surface area (Å²) in [6, 6.07) is 0. The van der Waals surface area contributed by atoms with Crippen LogP contribution in [0.25, 0.3) is 0 Å². The first-order valence-electron chi connectivity index (χ1n) is 8.12. The summed E-state index contributed by atoms with van der Waals surface area (Å²) in [5, 5.41) is -0.346. The van der Waals surface area contributed by atoms with Crippen molar-refractivity contribution in [2.45, 2.75) is 63.3 Å². The second-order valence-corrected chi connectivity index (χ2v) is 9.65. The molecule has 0 N–H and O–H groups in total. The average molecular weight is 329 g/mol. The Bertz CT molecular complexity index is 615. The van der Waals surface area contributed by atoms with Gasteiger partial charge in [-0.1, -0.05) is 0 Å². The lowest BCUT2D eigenvalue weighted by molar-refractivity contribution is -0.158. The Labute approximate surface area is 131 Å². The number of fused-ring (bicyclic) bond motifs is 5. The number of carbonyl (C=O) groups excluding carboxylic acids is 1. The molecule has 0 aromatic carbocycles. The van der Waals surface area contributed by atoms with Crippen LogP contribution in [0, 0.1) is 17.8 Å². The number of sulfonamides is 1. The van der Waals surface area contributed by atoms with Crippen molar-refractivity contribution in [3.05, 3.63) is 0 Å². The first-order valence-corrected chi connectivity index (χ1v) is 9.62. The second kappa shape index (κ2) is 4.45. The van der Waals surface area contributed by atoms with E-state index in [1.165, 1.54) is 0 Å². The minimum atomic E-state index is -3.54. The zero-order valence-corrected chi connectivity index (χ0v) is 14.0. The summed E-state index contributed by atoms with van der Waals surface area (Å²) >= 11 is 0. The number of carbonyl (C=O) groups is 1. The van der Waals surface area contributed by atoms with E-state index in [1.807, 2.05) is 0 Å². The van der Waals surface area contributed by atoms with E-state index in [0.29, 0.717) is 12.5 Å². The molecule has 4 rings (SSSR count). The maximum Gasteiger partial charge on any atom is 0.268 e. The lowest BCUT2D eigenvalue weighted by atomic mass is 9.88. The molecule has 6 nitrogen and oxygen atoms in total. The lowest BCUT2D eigenvalue weighted by Gasteiger charge is -2.23. The van der Waals surface area contributed by atoms with Crippen LogP contribution >= 0.6 is 0 Å². The van der Waals surface area contributed by atoms with Gasteiger partial charge in [0.2, 0.25) is 10.0 Å². The van der Waals surface area contributed by atoms with E-state index in [0.717, 1.165) is 23.6 Å². The van der Waals surface area contributed by atoms with Gasteiger partial charge in [-0.15, -0.1) is 0 Å². The number of rotatable bonds is 1. The highest BCUT2D eigenvalue weighted by Crippen LogP contribution is 2.55. The molecule has 0 aromatic rings. The molecular weight excluding hydrogens is 306 g/mol. The predicted octanol–water partition coefficient (Wildman–Crippen LogP) is 1.11. The van der Waals surface area contributed by atoms with Crippen molar-refractivity contribution in [1.82, 2.24) is 4.31 Å². The molecule has 2 saturated heterocycles. The van der Waals surface area contributed by atoms with Crippen LogP contribution in [0.2, 0.25) is 0 Å². The highest BCUT2D eigenvalue weighted by Gasteiger charge is 2.62. The summed E-state index contributed by atoms with van der Waals surface area (Å²) < 4.78 is 38.0. The van der Waals surface area contributed by atoms with Gasteiger partial charge in [-0.3, -0.25) is 4.79 Å². The van der Waals surface area contributed by atoms with Crippen LogP contribution in [-0.2, 0) is 24.3 Å². The first-order chi connectivity index (χ1) is 10.2. The van der Waals surface area contributed by atoms with Crippen molar-refractivity contribution >= 4 is 15.9 Å². The Hall–Kier alpha value is -0.660. The van der Waals surface area contributed by atoms with Gasteiger partial charge >= 0.3 is 0 Å². The van der Waals surface area contributed by atoms with Gasteiger partial charge in [0.1, 0.15) is 0 Å². The third-order valence-corrected chi connectivity index (χ3v) is 8.20. The number of nitrogens with zero attached hydrogens (tertiary/aromatic N) is 1. The van der Waals surface area contributed by atoms with Crippen molar-refractivity contribution in [3.63, 3.8) is 0 Å². The number of hydrogen-bond donors (Lipinski definition) is 0. The van der Waals surface area contributed by atoms with E-state index in [1.54, 1.807) is 20.8 Å². The van der Waals surface area contributed by atoms with E-state index in [-0.39, 0.29) is 17.1 Å². The van der Waals surface area contributed by atoms with Crippen molar-refractivity contribution in [3.8, 4) is 0 Å². The number of amides is 1. The third-order valence-electron chi connectivity index (χ3n) is 5.83. The summed E-state index contributed by atoms with van der Waals surface area (Å²) in [6.45, 7) is 5.57. The van der Waals surface area contributed by atoms with Gasteiger partial charge < -0.3 is 9.47 Å². The number of hydrogen-bond acceptors (Lipinski definition) is 5.